The van der Waals surface area contributed by atoms with E-state index in [1.807, 2.05) is 20.8 Å². The van der Waals surface area contributed by atoms with E-state index in [0.717, 1.165) is 6.42 Å². The maximum Gasteiger partial charge on any atom is 0.508 e. The van der Waals surface area contributed by atoms with Gasteiger partial charge in [-0.1, -0.05) is 27.2 Å². The molecule has 0 aliphatic rings. The molecule has 0 aromatic carbocycles. The van der Waals surface area contributed by atoms with E-state index >= 15 is 0 Å². The lowest BCUT2D eigenvalue weighted by Crippen LogP contribution is -2.39. The molecule has 20 heavy (non-hydrogen) atoms. The summed E-state index contributed by atoms with van der Waals surface area (Å²) >= 11 is 0. The van der Waals surface area contributed by atoms with Crippen molar-refractivity contribution in [2.45, 2.75) is 53.9 Å². The minimum atomic E-state index is -0.772. The molecular formula is C15H28O5. The molecule has 0 aromatic heterocycles. The predicted octanol–water partition coefficient (Wildman–Crippen LogP) is 3.56. The van der Waals surface area contributed by atoms with Gasteiger partial charge >= 0.3 is 12.1 Å². The van der Waals surface area contributed by atoms with Crippen LogP contribution in [0.5, 0.6) is 0 Å². The van der Waals surface area contributed by atoms with Crippen molar-refractivity contribution in [1.82, 2.24) is 0 Å². The van der Waals surface area contributed by atoms with Gasteiger partial charge in [-0.25, -0.2) is 4.79 Å². The fourth-order valence-electron chi connectivity index (χ4n) is 2.38. The number of carbonyl (C=O) groups excluding carboxylic acids is 2. The average molecular weight is 288 g/mol. The summed E-state index contributed by atoms with van der Waals surface area (Å²) < 4.78 is 15.0. The molecule has 0 aromatic rings. The van der Waals surface area contributed by atoms with Gasteiger partial charge in [-0.2, -0.15) is 0 Å². The van der Waals surface area contributed by atoms with Crippen LogP contribution in [-0.4, -0.2) is 31.9 Å². The number of carbonyl (C=O) groups is 2. The summed E-state index contributed by atoms with van der Waals surface area (Å²) in [5.74, 6) is 0.0107. The van der Waals surface area contributed by atoms with Crippen LogP contribution in [0.2, 0.25) is 0 Å². The van der Waals surface area contributed by atoms with Crippen molar-refractivity contribution in [3.8, 4) is 0 Å². The normalized spacial score (nSPS) is 13.7. The first-order chi connectivity index (χ1) is 9.41. The smallest absolute Gasteiger partial charge is 0.465 e. The molecule has 0 heterocycles. The van der Waals surface area contributed by atoms with Crippen molar-refractivity contribution in [3.05, 3.63) is 0 Å². The topological polar surface area (TPSA) is 61.8 Å². The number of esters is 1. The monoisotopic (exact) mass is 288 g/mol. The van der Waals surface area contributed by atoms with E-state index in [9.17, 15) is 9.59 Å². The number of hydrogen-bond donors (Lipinski definition) is 0. The largest absolute Gasteiger partial charge is 0.508 e. The second-order valence-corrected chi connectivity index (χ2v) is 5.32. The molecule has 0 saturated carbocycles. The van der Waals surface area contributed by atoms with Crippen LogP contribution in [0.15, 0.2) is 0 Å². The van der Waals surface area contributed by atoms with Gasteiger partial charge in [0.1, 0.15) is 12.0 Å². The van der Waals surface area contributed by atoms with E-state index in [2.05, 4.69) is 0 Å². The third kappa shape index (κ3) is 6.26. The third-order valence-electron chi connectivity index (χ3n) is 2.96. The zero-order valence-electron chi connectivity index (χ0n) is 13.4. The molecule has 0 spiro atoms. The summed E-state index contributed by atoms with van der Waals surface area (Å²) in [6, 6.07) is 0. The average Bonchev–Trinajstić information content (AvgIpc) is 2.36. The van der Waals surface area contributed by atoms with Crippen molar-refractivity contribution in [2.24, 2.45) is 11.3 Å². The Hall–Kier alpha value is -1.26. The highest BCUT2D eigenvalue weighted by Gasteiger charge is 2.41. The summed E-state index contributed by atoms with van der Waals surface area (Å²) in [5, 5.41) is 0. The Morgan fingerprint density at radius 2 is 1.60 bits per heavy atom. The lowest BCUT2D eigenvalue weighted by molar-refractivity contribution is -0.160. The molecule has 5 heteroatoms. The van der Waals surface area contributed by atoms with Gasteiger partial charge in [0.2, 0.25) is 0 Å². The van der Waals surface area contributed by atoms with Gasteiger partial charge in [0.25, 0.3) is 0 Å². The first kappa shape index (κ1) is 18.7. The highest BCUT2D eigenvalue weighted by atomic mass is 16.7. The van der Waals surface area contributed by atoms with E-state index in [1.165, 1.54) is 0 Å². The van der Waals surface area contributed by atoms with E-state index in [4.69, 9.17) is 14.2 Å². The van der Waals surface area contributed by atoms with Crippen LogP contribution in [0.1, 0.15) is 53.9 Å². The van der Waals surface area contributed by atoms with Crippen molar-refractivity contribution >= 4 is 12.1 Å². The molecule has 118 valence electrons. The summed E-state index contributed by atoms with van der Waals surface area (Å²) in [4.78, 5) is 23.7. The molecular weight excluding hydrogens is 260 g/mol. The van der Waals surface area contributed by atoms with Crippen molar-refractivity contribution in [3.63, 3.8) is 0 Å². The molecule has 0 aliphatic carbocycles. The van der Waals surface area contributed by atoms with Crippen molar-refractivity contribution in [1.29, 1.82) is 0 Å². The molecule has 0 radical (unpaired) electrons. The van der Waals surface area contributed by atoms with Gasteiger partial charge in [0.15, 0.2) is 0 Å². The zero-order valence-corrected chi connectivity index (χ0v) is 13.4. The molecule has 1 unspecified atom stereocenters. The van der Waals surface area contributed by atoms with Gasteiger partial charge in [-0.3, -0.25) is 4.79 Å². The van der Waals surface area contributed by atoms with Crippen LogP contribution in [0.3, 0.4) is 0 Å². The molecule has 5 nitrogen and oxygen atoms in total. The molecule has 0 aliphatic heterocycles. The van der Waals surface area contributed by atoms with E-state index in [-0.39, 0.29) is 19.2 Å². The summed E-state index contributed by atoms with van der Waals surface area (Å²) in [6.07, 6.45) is 1.33. The van der Waals surface area contributed by atoms with Crippen LogP contribution in [0.4, 0.5) is 4.79 Å². The van der Waals surface area contributed by atoms with E-state index in [0.29, 0.717) is 25.4 Å². The minimum absolute atomic E-state index is 0.0106. The highest BCUT2D eigenvalue weighted by Crippen LogP contribution is 2.34. The highest BCUT2D eigenvalue weighted by molar-refractivity contribution is 5.77. The van der Waals surface area contributed by atoms with Crippen molar-refractivity contribution in [2.75, 3.05) is 19.8 Å². The fourth-order valence-corrected chi connectivity index (χ4v) is 2.38. The molecule has 0 saturated heterocycles. The summed E-state index contributed by atoms with van der Waals surface area (Å²) in [6.45, 7) is 10.1. The number of ether oxygens (including phenoxy) is 3. The standard InChI is InChI=1S/C15H28O5/c1-6-9-15(10-12(4)5,13(16)18-7-2)11-20-14(17)19-8-3/h12H,6-11H2,1-5H3. The molecule has 0 rings (SSSR count). The maximum absolute atomic E-state index is 12.3. The Labute approximate surface area is 122 Å². The van der Waals surface area contributed by atoms with Gasteiger partial charge in [-0.15, -0.1) is 0 Å². The number of hydrogen-bond acceptors (Lipinski definition) is 5. The summed E-state index contributed by atoms with van der Waals surface area (Å²) in [7, 11) is 0. The van der Waals surface area contributed by atoms with Gasteiger partial charge < -0.3 is 14.2 Å². The van der Waals surface area contributed by atoms with Gasteiger partial charge in [0, 0.05) is 0 Å². The van der Waals surface area contributed by atoms with Crippen LogP contribution >= 0.6 is 0 Å². The second-order valence-electron chi connectivity index (χ2n) is 5.32. The SMILES string of the molecule is CCCC(COC(=O)OCC)(CC(C)C)C(=O)OCC. The Balaban J connectivity index is 4.96. The predicted molar refractivity (Wildman–Crippen MR) is 76.4 cm³/mol. The third-order valence-corrected chi connectivity index (χ3v) is 2.96. The Morgan fingerprint density at radius 3 is 2.05 bits per heavy atom. The van der Waals surface area contributed by atoms with Gasteiger partial charge in [0.05, 0.1) is 13.2 Å². The minimum Gasteiger partial charge on any atom is -0.465 e. The van der Waals surface area contributed by atoms with Crippen LogP contribution in [0.25, 0.3) is 0 Å². The fraction of sp³-hybridized carbons (Fsp3) is 0.867. The van der Waals surface area contributed by atoms with Crippen LogP contribution in [0, 0.1) is 11.3 Å². The van der Waals surface area contributed by atoms with Crippen molar-refractivity contribution < 1.29 is 23.8 Å². The Bertz CT molecular complexity index is 301. The molecule has 1 atom stereocenters. The first-order valence-electron chi connectivity index (χ1n) is 7.38. The van der Waals surface area contributed by atoms with E-state index < -0.39 is 11.6 Å². The molecule has 0 amide bonds. The van der Waals surface area contributed by atoms with Crippen LogP contribution < -0.4 is 0 Å². The quantitative estimate of drug-likeness (QED) is 0.607. The summed E-state index contributed by atoms with van der Waals surface area (Å²) in [5.41, 5.74) is -0.772. The lowest BCUT2D eigenvalue weighted by atomic mass is 9.77. The molecule has 0 N–H and O–H groups in total. The van der Waals surface area contributed by atoms with Gasteiger partial charge in [-0.05, 0) is 32.6 Å². The zero-order chi connectivity index (χ0) is 15.6. The Kier molecular flexibility index (Phi) is 9.01. The molecule has 0 fully saturated rings. The first-order valence-corrected chi connectivity index (χ1v) is 7.38. The number of rotatable bonds is 9. The lowest BCUT2D eigenvalue weighted by Gasteiger charge is -2.32. The second kappa shape index (κ2) is 9.61. The van der Waals surface area contributed by atoms with E-state index in [1.54, 1.807) is 13.8 Å². The van der Waals surface area contributed by atoms with Crippen LogP contribution in [-0.2, 0) is 19.0 Å². The molecule has 0 bridgehead atoms. The maximum atomic E-state index is 12.3. The Morgan fingerprint density at radius 1 is 1.00 bits per heavy atom.